The number of halogens is 2. The molecule has 0 aliphatic carbocycles. The van der Waals surface area contributed by atoms with Gasteiger partial charge >= 0.3 is 0 Å². The van der Waals surface area contributed by atoms with Gasteiger partial charge in [-0.3, -0.25) is 9.59 Å². The van der Waals surface area contributed by atoms with E-state index >= 15 is 0 Å². The molecule has 0 atom stereocenters. The van der Waals surface area contributed by atoms with E-state index in [1.54, 1.807) is 0 Å². The topological polar surface area (TPSA) is 58.2 Å². The molecule has 0 fully saturated rings. The molecule has 4 nitrogen and oxygen atoms in total. The number of nitrogens with one attached hydrogen (secondary N) is 2. The minimum Gasteiger partial charge on any atom is -0.324 e. The number of hydrogen-bond acceptors (Lipinski definition) is 2. The molecule has 24 heavy (non-hydrogen) atoms. The zero-order valence-corrected chi connectivity index (χ0v) is 13.7. The fraction of sp³-hybridized carbons (Fsp3) is 0.222. The minimum absolute atomic E-state index is 0.0692. The number of amides is 2. The Balaban J connectivity index is 2.19. The molecule has 0 heterocycles. The molecule has 0 aliphatic rings. The molecule has 2 rings (SSSR count). The van der Waals surface area contributed by atoms with Crippen LogP contribution in [-0.2, 0) is 16.0 Å². The van der Waals surface area contributed by atoms with E-state index in [1.807, 2.05) is 32.0 Å². The van der Waals surface area contributed by atoms with Crippen molar-refractivity contribution in [3.63, 3.8) is 0 Å². The van der Waals surface area contributed by atoms with E-state index < -0.39 is 23.4 Å². The SMILES string of the molecule is CC(=O)Nc1cc(NC(=O)Cc2cc(C)ccc2C)c(F)cc1F. The Morgan fingerprint density at radius 1 is 0.958 bits per heavy atom. The molecule has 0 saturated heterocycles. The largest absolute Gasteiger partial charge is 0.324 e. The fourth-order valence-corrected chi connectivity index (χ4v) is 2.29. The summed E-state index contributed by atoms with van der Waals surface area (Å²) < 4.78 is 27.4. The van der Waals surface area contributed by atoms with E-state index in [-0.39, 0.29) is 17.8 Å². The maximum absolute atomic E-state index is 13.8. The van der Waals surface area contributed by atoms with Crippen molar-refractivity contribution < 1.29 is 18.4 Å². The Hall–Kier alpha value is -2.76. The van der Waals surface area contributed by atoms with Crippen molar-refractivity contribution in [3.8, 4) is 0 Å². The van der Waals surface area contributed by atoms with Gasteiger partial charge in [-0.15, -0.1) is 0 Å². The summed E-state index contributed by atoms with van der Waals surface area (Å²) in [5, 5.41) is 4.66. The van der Waals surface area contributed by atoms with Crippen molar-refractivity contribution in [2.75, 3.05) is 10.6 Å². The van der Waals surface area contributed by atoms with Crippen LogP contribution in [-0.4, -0.2) is 11.8 Å². The van der Waals surface area contributed by atoms with Gasteiger partial charge in [0.15, 0.2) is 0 Å². The number of anilines is 2. The second-order valence-corrected chi connectivity index (χ2v) is 5.65. The first kappa shape index (κ1) is 17.6. The smallest absolute Gasteiger partial charge is 0.228 e. The molecular formula is C18H18F2N2O2. The fourth-order valence-electron chi connectivity index (χ4n) is 2.29. The molecule has 0 bridgehead atoms. The lowest BCUT2D eigenvalue weighted by Crippen LogP contribution is -2.17. The van der Waals surface area contributed by atoms with E-state index in [1.165, 1.54) is 6.92 Å². The zero-order valence-electron chi connectivity index (χ0n) is 13.7. The molecule has 0 spiro atoms. The quantitative estimate of drug-likeness (QED) is 0.896. The monoisotopic (exact) mass is 332 g/mol. The van der Waals surface area contributed by atoms with Gasteiger partial charge in [0.05, 0.1) is 17.8 Å². The average Bonchev–Trinajstić information content (AvgIpc) is 2.47. The maximum Gasteiger partial charge on any atom is 0.228 e. The van der Waals surface area contributed by atoms with Crippen LogP contribution in [0.25, 0.3) is 0 Å². The number of aryl methyl sites for hydroxylation is 2. The van der Waals surface area contributed by atoms with Crippen molar-refractivity contribution in [3.05, 3.63) is 58.7 Å². The van der Waals surface area contributed by atoms with Gasteiger partial charge in [-0.25, -0.2) is 8.78 Å². The Morgan fingerprint density at radius 3 is 2.21 bits per heavy atom. The van der Waals surface area contributed by atoms with Gasteiger partial charge in [0.25, 0.3) is 0 Å². The van der Waals surface area contributed by atoms with E-state index in [0.717, 1.165) is 22.8 Å². The standard InChI is InChI=1S/C18H18F2N2O2/c1-10-4-5-11(2)13(6-10)7-18(24)22-17-9-16(21-12(3)23)14(19)8-15(17)20/h4-6,8-9H,7H2,1-3H3,(H,21,23)(H,22,24). The summed E-state index contributed by atoms with van der Waals surface area (Å²) in [4.78, 5) is 23.2. The molecule has 0 saturated carbocycles. The Morgan fingerprint density at radius 2 is 1.58 bits per heavy atom. The Labute approximate surface area is 138 Å². The first-order valence-electron chi connectivity index (χ1n) is 7.39. The summed E-state index contributed by atoms with van der Waals surface area (Å²) in [6.07, 6.45) is 0.0692. The highest BCUT2D eigenvalue weighted by Gasteiger charge is 2.14. The number of carbonyl (C=O) groups excluding carboxylic acids is 2. The maximum atomic E-state index is 13.8. The Kier molecular flexibility index (Phi) is 5.28. The number of benzene rings is 2. The summed E-state index contributed by atoms with van der Waals surface area (Å²) in [7, 11) is 0. The lowest BCUT2D eigenvalue weighted by atomic mass is 10.0. The third-order valence-corrected chi connectivity index (χ3v) is 3.50. The molecule has 2 amide bonds. The van der Waals surface area contributed by atoms with Crippen LogP contribution in [0.1, 0.15) is 23.6 Å². The van der Waals surface area contributed by atoms with Crippen LogP contribution in [0.3, 0.4) is 0 Å². The molecule has 2 aromatic rings. The van der Waals surface area contributed by atoms with Crippen LogP contribution < -0.4 is 10.6 Å². The zero-order chi connectivity index (χ0) is 17.9. The minimum atomic E-state index is -0.907. The van der Waals surface area contributed by atoms with Crippen molar-refractivity contribution in [2.24, 2.45) is 0 Å². The van der Waals surface area contributed by atoms with E-state index in [2.05, 4.69) is 10.6 Å². The van der Waals surface area contributed by atoms with Crippen molar-refractivity contribution in [2.45, 2.75) is 27.2 Å². The van der Waals surface area contributed by atoms with Gasteiger partial charge in [0.1, 0.15) is 11.6 Å². The predicted molar refractivity (Wildman–Crippen MR) is 88.9 cm³/mol. The molecule has 2 aromatic carbocycles. The van der Waals surface area contributed by atoms with Crippen LogP contribution in [0.5, 0.6) is 0 Å². The molecule has 6 heteroatoms. The third kappa shape index (κ3) is 4.38. The van der Waals surface area contributed by atoms with Crippen LogP contribution >= 0.6 is 0 Å². The first-order valence-corrected chi connectivity index (χ1v) is 7.39. The highest BCUT2D eigenvalue weighted by Crippen LogP contribution is 2.24. The molecular weight excluding hydrogens is 314 g/mol. The van der Waals surface area contributed by atoms with Crippen LogP contribution in [0.15, 0.2) is 30.3 Å². The average molecular weight is 332 g/mol. The van der Waals surface area contributed by atoms with Gasteiger partial charge in [-0.05, 0) is 31.0 Å². The summed E-state index contributed by atoms with van der Waals surface area (Å²) in [5.74, 6) is -2.73. The summed E-state index contributed by atoms with van der Waals surface area (Å²) >= 11 is 0. The summed E-state index contributed by atoms with van der Waals surface area (Å²) in [6.45, 7) is 5.01. The van der Waals surface area contributed by atoms with E-state index in [4.69, 9.17) is 0 Å². The molecule has 0 aromatic heterocycles. The first-order chi connectivity index (χ1) is 11.3. The molecule has 0 unspecified atom stereocenters. The second kappa shape index (κ2) is 7.21. The van der Waals surface area contributed by atoms with Crippen molar-refractivity contribution in [1.82, 2.24) is 0 Å². The number of rotatable bonds is 4. The molecule has 0 radical (unpaired) electrons. The second-order valence-electron chi connectivity index (χ2n) is 5.65. The van der Waals surface area contributed by atoms with Gasteiger partial charge in [-0.1, -0.05) is 23.8 Å². The van der Waals surface area contributed by atoms with Crippen molar-refractivity contribution >= 4 is 23.2 Å². The summed E-state index contributed by atoms with van der Waals surface area (Å²) in [6, 6.07) is 7.42. The molecule has 126 valence electrons. The van der Waals surface area contributed by atoms with Crippen LogP contribution in [0.4, 0.5) is 20.2 Å². The van der Waals surface area contributed by atoms with Gasteiger partial charge in [0, 0.05) is 13.0 Å². The Bertz CT molecular complexity index is 804. The van der Waals surface area contributed by atoms with Gasteiger partial charge < -0.3 is 10.6 Å². The third-order valence-electron chi connectivity index (χ3n) is 3.50. The van der Waals surface area contributed by atoms with E-state index in [0.29, 0.717) is 6.07 Å². The predicted octanol–water partition coefficient (Wildman–Crippen LogP) is 3.72. The van der Waals surface area contributed by atoms with Crippen LogP contribution in [0.2, 0.25) is 0 Å². The molecule has 2 N–H and O–H groups in total. The van der Waals surface area contributed by atoms with Gasteiger partial charge in [0.2, 0.25) is 11.8 Å². The van der Waals surface area contributed by atoms with Gasteiger partial charge in [-0.2, -0.15) is 0 Å². The number of carbonyl (C=O) groups is 2. The summed E-state index contributed by atoms with van der Waals surface area (Å²) in [5.41, 5.74) is 2.43. The van der Waals surface area contributed by atoms with Crippen molar-refractivity contribution in [1.29, 1.82) is 0 Å². The molecule has 0 aliphatic heterocycles. The highest BCUT2D eigenvalue weighted by molar-refractivity contribution is 5.94. The lowest BCUT2D eigenvalue weighted by molar-refractivity contribution is -0.116. The normalized spacial score (nSPS) is 10.4. The van der Waals surface area contributed by atoms with E-state index in [9.17, 15) is 18.4 Å². The lowest BCUT2D eigenvalue weighted by Gasteiger charge is -2.11. The number of hydrogen-bond donors (Lipinski definition) is 2. The van der Waals surface area contributed by atoms with Crippen LogP contribution in [0, 0.1) is 25.5 Å². The highest BCUT2D eigenvalue weighted by atomic mass is 19.1.